The SMILES string of the molecule is Cc1ccc(Oc2ccc(Cl)cc2NC(=O)COC(=O)CNC(=O)c2ccc3c(c2)OCO3)cc1. The van der Waals surface area contributed by atoms with Gasteiger partial charge in [0.2, 0.25) is 6.79 Å². The highest BCUT2D eigenvalue weighted by molar-refractivity contribution is 6.31. The van der Waals surface area contributed by atoms with E-state index < -0.39 is 30.9 Å². The Balaban J connectivity index is 1.27. The normalized spacial score (nSPS) is 11.5. The first-order chi connectivity index (χ1) is 16.9. The highest BCUT2D eigenvalue weighted by Gasteiger charge is 2.17. The zero-order valence-corrected chi connectivity index (χ0v) is 19.4. The van der Waals surface area contributed by atoms with Crippen LogP contribution in [0.4, 0.5) is 5.69 Å². The second-order valence-electron chi connectivity index (χ2n) is 7.52. The number of esters is 1. The molecule has 35 heavy (non-hydrogen) atoms. The van der Waals surface area contributed by atoms with E-state index in [1.54, 1.807) is 36.4 Å². The van der Waals surface area contributed by atoms with E-state index in [0.717, 1.165) is 5.56 Å². The highest BCUT2D eigenvalue weighted by atomic mass is 35.5. The molecule has 180 valence electrons. The summed E-state index contributed by atoms with van der Waals surface area (Å²) in [5.74, 6) is 0.0594. The van der Waals surface area contributed by atoms with Crippen LogP contribution in [-0.2, 0) is 14.3 Å². The Labute approximate surface area is 205 Å². The average Bonchev–Trinajstić information content (AvgIpc) is 3.32. The first kappa shape index (κ1) is 23.9. The summed E-state index contributed by atoms with van der Waals surface area (Å²) in [7, 11) is 0. The van der Waals surface area contributed by atoms with Crippen molar-refractivity contribution in [1.82, 2.24) is 5.32 Å². The standard InChI is InChI=1S/C25H21ClN2O7/c1-15-2-6-18(7-3-15)35-20-9-5-17(26)11-19(20)28-23(29)13-32-24(30)12-27-25(31)16-4-8-21-22(10-16)34-14-33-21/h2-11H,12-14H2,1H3,(H,27,31)(H,28,29). The van der Waals surface area contributed by atoms with Crippen LogP contribution in [0.3, 0.4) is 0 Å². The lowest BCUT2D eigenvalue weighted by atomic mass is 10.2. The van der Waals surface area contributed by atoms with Gasteiger partial charge >= 0.3 is 5.97 Å². The van der Waals surface area contributed by atoms with Crippen molar-refractivity contribution in [2.45, 2.75) is 6.92 Å². The number of hydrogen-bond acceptors (Lipinski definition) is 7. The Bertz CT molecular complexity index is 1260. The maximum absolute atomic E-state index is 12.3. The van der Waals surface area contributed by atoms with Gasteiger partial charge in [0.1, 0.15) is 12.3 Å². The third-order valence-electron chi connectivity index (χ3n) is 4.86. The van der Waals surface area contributed by atoms with Crippen molar-refractivity contribution in [3.05, 3.63) is 76.8 Å². The summed E-state index contributed by atoms with van der Waals surface area (Å²) in [4.78, 5) is 36.6. The number of rotatable bonds is 8. The third-order valence-corrected chi connectivity index (χ3v) is 5.09. The molecule has 10 heteroatoms. The molecule has 1 heterocycles. The van der Waals surface area contributed by atoms with Gasteiger partial charge in [-0.1, -0.05) is 29.3 Å². The summed E-state index contributed by atoms with van der Waals surface area (Å²) in [5.41, 5.74) is 1.69. The number of ether oxygens (including phenoxy) is 4. The van der Waals surface area contributed by atoms with Crippen LogP contribution in [0.1, 0.15) is 15.9 Å². The van der Waals surface area contributed by atoms with Crippen LogP contribution < -0.4 is 24.8 Å². The van der Waals surface area contributed by atoms with Gasteiger partial charge in [-0.3, -0.25) is 14.4 Å². The molecule has 1 aliphatic heterocycles. The Morgan fingerprint density at radius 3 is 2.54 bits per heavy atom. The van der Waals surface area contributed by atoms with Crippen LogP contribution in [0.5, 0.6) is 23.0 Å². The molecule has 0 radical (unpaired) electrons. The number of carbonyl (C=O) groups excluding carboxylic acids is 3. The minimum atomic E-state index is -0.781. The van der Waals surface area contributed by atoms with Gasteiger partial charge in [0.05, 0.1) is 5.69 Å². The predicted molar refractivity (Wildman–Crippen MR) is 127 cm³/mol. The van der Waals surface area contributed by atoms with Gasteiger partial charge in [0.25, 0.3) is 11.8 Å². The van der Waals surface area contributed by atoms with E-state index in [-0.39, 0.29) is 6.79 Å². The smallest absolute Gasteiger partial charge is 0.325 e. The highest BCUT2D eigenvalue weighted by Crippen LogP contribution is 2.33. The molecule has 9 nitrogen and oxygen atoms in total. The van der Waals surface area contributed by atoms with E-state index in [0.29, 0.717) is 39.3 Å². The number of nitrogens with one attached hydrogen (secondary N) is 2. The molecule has 3 aromatic rings. The van der Waals surface area contributed by atoms with Gasteiger partial charge in [-0.2, -0.15) is 0 Å². The lowest BCUT2D eigenvalue weighted by Crippen LogP contribution is -2.32. The van der Waals surface area contributed by atoms with E-state index >= 15 is 0 Å². The maximum Gasteiger partial charge on any atom is 0.325 e. The molecule has 0 saturated heterocycles. The van der Waals surface area contributed by atoms with Crippen molar-refractivity contribution in [2.24, 2.45) is 0 Å². The predicted octanol–water partition coefficient (Wildman–Crippen LogP) is 4.08. The van der Waals surface area contributed by atoms with Crippen molar-refractivity contribution in [3.63, 3.8) is 0 Å². The fraction of sp³-hybridized carbons (Fsp3) is 0.160. The first-order valence-corrected chi connectivity index (χ1v) is 10.9. The third kappa shape index (κ3) is 6.42. The molecule has 2 N–H and O–H groups in total. The molecular formula is C25H21ClN2O7. The topological polar surface area (TPSA) is 112 Å². The Morgan fingerprint density at radius 2 is 1.74 bits per heavy atom. The summed E-state index contributed by atoms with van der Waals surface area (Å²) in [6, 6.07) is 16.8. The largest absolute Gasteiger partial charge is 0.455 e. The summed E-state index contributed by atoms with van der Waals surface area (Å²) in [6.45, 7) is 1.07. The van der Waals surface area contributed by atoms with E-state index in [2.05, 4.69) is 10.6 Å². The molecule has 0 unspecified atom stereocenters. The quantitative estimate of drug-likeness (QED) is 0.452. The second-order valence-corrected chi connectivity index (χ2v) is 7.95. The molecular weight excluding hydrogens is 476 g/mol. The molecule has 0 aliphatic carbocycles. The summed E-state index contributed by atoms with van der Waals surface area (Å²) >= 11 is 6.06. The van der Waals surface area contributed by atoms with E-state index in [1.165, 1.54) is 12.1 Å². The summed E-state index contributed by atoms with van der Waals surface area (Å²) in [5, 5.41) is 5.44. The number of fused-ring (bicyclic) bond motifs is 1. The van der Waals surface area contributed by atoms with Gasteiger partial charge in [-0.25, -0.2) is 0 Å². The number of anilines is 1. The molecule has 4 rings (SSSR count). The lowest BCUT2D eigenvalue weighted by molar-refractivity contribution is -0.146. The monoisotopic (exact) mass is 496 g/mol. The fourth-order valence-corrected chi connectivity index (χ4v) is 3.27. The van der Waals surface area contributed by atoms with Crippen LogP contribution in [0.2, 0.25) is 5.02 Å². The van der Waals surface area contributed by atoms with Crippen LogP contribution in [0.25, 0.3) is 0 Å². The maximum atomic E-state index is 12.3. The van der Waals surface area contributed by atoms with Gasteiger partial charge in [0.15, 0.2) is 23.9 Å². The summed E-state index contributed by atoms with van der Waals surface area (Å²) < 4.78 is 21.2. The van der Waals surface area contributed by atoms with E-state index in [1.807, 2.05) is 19.1 Å². The minimum absolute atomic E-state index is 0.0869. The van der Waals surface area contributed by atoms with Crippen LogP contribution >= 0.6 is 11.6 Å². The number of aryl methyl sites for hydroxylation is 1. The molecule has 0 bridgehead atoms. The number of halogens is 1. The first-order valence-electron chi connectivity index (χ1n) is 10.5. The lowest BCUT2D eigenvalue weighted by Gasteiger charge is -2.13. The zero-order chi connectivity index (χ0) is 24.8. The number of carbonyl (C=O) groups is 3. The molecule has 2 amide bonds. The molecule has 0 saturated carbocycles. The van der Waals surface area contributed by atoms with Crippen molar-refractivity contribution >= 4 is 35.1 Å². The molecule has 0 atom stereocenters. The van der Waals surface area contributed by atoms with E-state index in [4.69, 9.17) is 30.5 Å². The molecule has 3 aromatic carbocycles. The van der Waals surface area contributed by atoms with Gasteiger partial charge in [-0.15, -0.1) is 0 Å². The molecule has 0 spiro atoms. The number of hydrogen-bond donors (Lipinski definition) is 2. The number of benzene rings is 3. The van der Waals surface area contributed by atoms with Crippen molar-refractivity contribution in [3.8, 4) is 23.0 Å². The van der Waals surface area contributed by atoms with Crippen molar-refractivity contribution in [2.75, 3.05) is 25.3 Å². The Kier molecular flexibility index (Phi) is 7.37. The average molecular weight is 497 g/mol. The van der Waals surface area contributed by atoms with Gasteiger partial charge in [0, 0.05) is 10.6 Å². The van der Waals surface area contributed by atoms with Crippen LogP contribution in [0, 0.1) is 6.92 Å². The molecule has 1 aliphatic rings. The van der Waals surface area contributed by atoms with E-state index in [9.17, 15) is 14.4 Å². The second kappa shape index (κ2) is 10.8. The summed E-state index contributed by atoms with van der Waals surface area (Å²) in [6.07, 6.45) is 0. The van der Waals surface area contributed by atoms with Gasteiger partial charge < -0.3 is 29.6 Å². The number of amides is 2. The minimum Gasteiger partial charge on any atom is -0.455 e. The Morgan fingerprint density at radius 1 is 0.971 bits per heavy atom. The zero-order valence-electron chi connectivity index (χ0n) is 18.6. The van der Waals surface area contributed by atoms with Crippen LogP contribution in [-0.4, -0.2) is 37.7 Å². The van der Waals surface area contributed by atoms with Crippen molar-refractivity contribution in [1.29, 1.82) is 0 Å². The Hall–Kier alpha value is -4.24. The molecule has 0 aromatic heterocycles. The molecule has 0 fully saturated rings. The van der Waals surface area contributed by atoms with Crippen LogP contribution in [0.15, 0.2) is 60.7 Å². The van der Waals surface area contributed by atoms with Crippen molar-refractivity contribution < 1.29 is 33.3 Å². The van der Waals surface area contributed by atoms with Gasteiger partial charge in [-0.05, 0) is 55.5 Å². The fourth-order valence-electron chi connectivity index (χ4n) is 3.10.